The predicted octanol–water partition coefficient (Wildman–Crippen LogP) is 4.28. The van der Waals surface area contributed by atoms with Crippen molar-refractivity contribution in [1.29, 1.82) is 0 Å². The topological polar surface area (TPSA) is 200 Å². The van der Waals surface area contributed by atoms with Crippen LogP contribution in [0.15, 0.2) is 95.1 Å². The van der Waals surface area contributed by atoms with Crippen LogP contribution in [0, 0.1) is 5.92 Å². The second-order valence-electron chi connectivity index (χ2n) is 17.7. The summed E-state index contributed by atoms with van der Waals surface area (Å²) in [5, 5.41) is 14.8. The van der Waals surface area contributed by atoms with Gasteiger partial charge in [0.15, 0.2) is 11.5 Å². The van der Waals surface area contributed by atoms with E-state index in [-0.39, 0.29) is 54.9 Å². The maximum absolute atomic E-state index is 13.2. The standard InChI is InChI=1S/C49H50N11O5S/c1-29-13-15-58(16-14-29)42-26-52-44(27-51-42)66-35-4-2-3-31(23-35)45-36-8-6-32(46(50)62)22-33(36)24-40(45)57-17-19-59(20-18-57)41-11-9-38(55-56-41)47(63)53-25-30-5-7-37-34(21-30)28-60(49(37)65)39-10-12-43(61)54-48(39)64/h2-9,11,21-23,26-27,39-40,45H,10,12-20,24-25,28H2,1H3,(H2,50,62)(H,53,63)(H,54,61,64). The van der Waals surface area contributed by atoms with Gasteiger partial charge in [0.2, 0.25) is 17.7 Å². The first-order valence-corrected chi connectivity index (χ1v) is 23.3. The van der Waals surface area contributed by atoms with E-state index >= 15 is 0 Å². The molecule has 3 atom stereocenters. The number of aromatic nitrogens is 4. The number of nitrogens with zero attached hydrogens (tertiary/aromatic N) is 8. The predicted molar refractivity (Wildman–Crippen MR) is 247 cm³/mol. The molecule has 1 radical (unpaired) electrons. The third kappa shape index (κ3) is 8.84. The lowest BCUT2D eigenvalue weighted by molar-refractivity contribution is -0.136. The van der Waals surface area contributed by atoms with Gasteiger partial charge in [0, 0.05) is 86.8 Å². The van der Waals surface area contributed by atoms with Crippen molar-refractivity contribution in [3.8, 4) is 0 Å². The monoisotopic (exact) mass is 904 g/mol. The number of rotatable bonds is 11. The SMILES string of the molecule is C[C]1CCN(c2cnc(Sc3cccc(C4c5ccc(C(N)=O)cc5CC4N4CCN(c5ccc(C(=O)NCc6ccc7c(c6)CN(C6CCC(=O)NC6=O)C7=O)nn5)CC4)c3)cn2)CC1. The maximum Gasteiger partial charge on any atom is 0.272 e. The van der Waals surface area contributed by atoms with Crippen molar-refractivity contribution in [3.05, 3.63) is 136 Å². The molecule has 3 aromatic carbocycles. The molecule has 5 amide bonds. The largest absolute Gasteiger partial charge is 0.366 e. The van der Waals surface area contributed by atoms with Gasteiger partial charge in [-0.25, -0.2) is 9.97 Å². The molecule has 3 unspecified atom stereocenters. The first kappa shape index (κ1) is 43.2. The molecular weight excluding hydrogens is 855 g/mol. The van der Waals surface area contributed by atoms with Gasteiger partial charge in [0.1, 0.15) is 16.9 Å². The van der Waals surface area contributed by atoms with E-state index in [1.54, 1.807) is 30.0 Å². The third-order valence-corrected chi connectivity index (χ3v) is 14.5. The third-order valence-electron chi connectivity index (χ3n) is 13.6. The number of benzene rings is 3. The van der Waals surface area contributed by atoms with E-state index in [0.29, 0.717) is 36.5 Å². The first-order chi connectivity index (χ1) is 32.0. The Bertz CT molecular complexity index is 2700. The fourth-order valence-electron chi connectivity index (χ4n) is 9.97. The minimum Gasteiger partial charge on any atom is -0.366 e. The van der Waals surface area contributed by atoms with Crippen molar-refractivity contribution in [2.75, 3.05) is 49.1 Å². The summed E-state index contributed by atoms with van der Waals surface area (Å²) >= 11 is 1.61. The molecule has 4 N–H and O–H groups in total. The Labute approximate surface area is 386 Å². The summed E-state index contributed by atoms with van der Waals surface area (Å²) < 4.78 is 0. The van der Waals surface area contributed by atoms with Crippen LogP contribution in [0.4, 0.5) is 11.6 Å². The van der Waals surface area contributed by atoms with Crippen LogP contribution in [0.2, 0.25) is 0 Å². The number of nitrogens with one attached hydrogen (secondary N) is 2. The van der Waals surface area contributed by atoms with E-state index in [1.165, 1.54) is 21.9 Å². The lowest BCUT2D eigenvalue weighted by Crippen LogP contribution is -2.52. The summed E-state index contributed by atoms with van der Waals surface area (Å²) in [7, 11) is 0. The molecule has 10 rings (SSSR count). The molecule has 0 spiro atoms. The average molecular weight is 905 g/mol. The van der Waals surface area contributed by atoms with Gasteiger partial charge < -0.3 is 25.8 Å². The summed E-state index contributed by atoms with van der Waals surface area (Å²) in [6.45, 7) is 7.64. The zero-order valence-electron chi connectivity index (χ0n) is 36.6. The van der Waals surface area contributed by atoms with Crippen LogP contribution in [0.1, 0.15) is 97.5 Å². The van der Waals surface area contributed by atoms with Gasteiger partial charge in [-0.05, 0) is 102 Å². The number of amides is 5. The molecule has 1 aliphatic carbocycles. The number of imide groups is 1. The number of primary amides is 1. The molecule has 2 aromatic heterocycles. The number of nitrogens with two attached hydrogens (primary N) is 1. The molecule has 4 aliphatic heterocycles. The highest BCUT2D eigenvalue weighted by molar-refractivity contribution is 7.99. The molecule has 337 valence electrons. The van der Waals surface area contributed by atoms with Crippen molar-refractivity contribution >= 4 is 52.9 Å². The highest BCUT2D eigenvalue weighted by atomic mass is 32.2. The van der Waals surface area contributed by atoms with Crippen molar-refractivity contribution in [1.82, 2.24) is 40.6 Å². The summed E-state index contributed by atoms with van der Waals surface area (Å²) in [4.78, 5) is 81.7. The van der Waals surface area contributed by atoms with E-state index in [0.717, 1.165) is 77.9 Å². The Morgan fingerprint density at radius 3 is 2.39 bits per heavy atom. The van der Waals surface area contributed by atoms with Crippen molar-refractivity contribution in [3.63, 3.8) is 0 Å². The second kappa shape index (κ2) is 18.3. The minimum absolute atomic E-state index is 0.0752. The van der Waals surface area contributed by atoms with Crippen LogP contribution in [0.3, 0.4) is 0 Å². The number of hydrogen-bond donors (Lipinski definition) is 3. The zero-order valence-corrected chi connectivity index (χ0v) is 37.4. The Hall–Kier alpha value is -6.72. The zero-order chi connectivity index (χ0) is 45.5. The van der Waals surface area contributed by atoms with E-state index in [2.05, 4.69) is 72.8 Å². The smallest absolute Gasteiger partial charge is 0.272 e. The number of piperazine rings is 1. The highest BCUT2D eigenvalue weighted by Crippen LogP contribution is 2.43. The van der Waals surface area contributed by atoms with Gasteiger partial charge in [0.25, 0.3) is 11.8 Å². The molecular formula is C49H50N11O5S. The Morgan fingerprint density at radius 2 is 1.65 bits per heavy atom. The number of fused-ring (bicyclic) bond motifs is 2. The Kier molecular flexibility index (Phi) is 12.0. The van der Waals surface area contributed by atoms with E-state index in [1.807, 2.05) is 36.7 Å². The Morgan fingerprint density at radius 1 is 0.833 bits per heavy atom. The summed E-state index contributed by atoms with van der Waals surface area (Å²) in [6.07, 6.45) is 7.20. The normalized spacial score (nSPS) is 21.1. The fraction of sp³-hybridized carbons (Fsp3) is 0.347. The molecule has 5 aliphatic rings. The molecule has 6 heterocycles. The first-order valence-electron chi connectivity index (χ1n) is 22.5. The van der Waals surface area contributed by atoms with Gasteiger partial charge >= 0.3 is 0 Å². The van der Waals surface area contributed by atoms with Crippen molar-refractivity contribution in [2.45, 2.75) is 80.0 Å². The summed E-state index contributed by atoms with van der Waals surface area (Å²) in [5.74, 6) is 1.39. The van der Waals surface area contributed by atoms with Crippen LogP contribution in [-0.2, 0) is 29.1 Å². The Balaban J connectivity index is 0.768. The maximum atomic E-state index is 13.2. The van der Waals surface area contributed by atoms with Gasteiger partial charge in [0.05, 0.1) is 12.4 Å². The van der Waals surface area contributed by atoms with E-state index < -0.39 is 17.9 Å². The number of piperidine rings is 2. The highest BCUT2D eigenvalue weighted by Gasteiger charge is 2.40. The van der Waals surface area contributed by atoms with Crippen LogP contribution >= 0.6 is 11.8 Å². The lowest BCUT2D eigenvalue weighted by atomic mass is 9.89. The molecule has 5 aromatic rings. The molecule has 0 bridgehead atoms. The number of hydrogen-bond acceptors (Lipinski definition) is 13. The summed E-state index contributed by atoms with van der Waals surface area (Å²) in [5.41, 5.74) is 12.1. The lowest BCUT2D eigenvalue weighted by Gasteiger charge is -2.40. The van der Waals surface area contributed by atoms with Crippen LogP contribution in [0.5, 0.6) is 0 Å². The minimum atomic E-state index is -0.689. The number of anilines is 2. The van der Waals surface area contributed by atoms with Crippen molar-refractivity contribution < 1.29 is 24.0 Å². The molecule has 16 nitrogen and oxygen atoms in total. The number of carbonyl (C=O) groups is 5. The summed E-state index contributed by atoms with van der Waals surface area (Å²) in [6, 6.07) is 22.9. The van der Waals surface area contributed by atoms with Gasteiger partial charge in [-0.3, -0.25) is 34.2 Å². The molecule has 3 fully saturated rings. The molecule has 66 heavy (non-hydrogen) atoms. The van der Waals surface area contributed by atoms with E-state index in [9.17, 15) is 24.0 Å². The fourth-order valence-corrected chi connectivity index (χ4v) is 10.8. The van der Waals surface area contributed by atoms with Crippen molar-refractivity contribution in [2.24, 2.45) is 5.73 Å². The van der Waals surface area contributed by atoms with Crippen LogP contribution in [-0.4, -0.2) is 111 Å². The number of carbonyl (C=O) groups excluding carboxylic acids is 5. The van der Waals surface area contributed by atoms with E-state index in [4.69, 9.17) is 15.7 Å². The average Bonchev–Trinajstić information content (AvgIpc) is 3.88. The quantitative estimate of drug-likeness (QED) is 0.159. The van der Waals surface area contributed by atoms with Gasteiger partial charge in [-0.15, -0.1) is 10.2 Å². The molecule has 17 heteroatoms. The van der Waals surface area contributed by atoms with Crippen LogP contribution < -0.4 is 26.2 Å². The van der Waals surface area contributed by atoms with Gasteiger partial charge in [-0.2, -0.15) is 0 Å². The van der Waals surface area contributed by atoms with Crippen LogP contribution in [0.25, 0.3) is 0 Å². The second-order valence-corrected chi connectivity index (χ2v) is 18.8. The molecule has 0 saturated carbocycles. The van der Waals surface area contributed by atoms with Gasteiger partial charge in [-0.1, -0.05) is 49.0 Å². The molecule has 3 saturated heterocycles.